The fourth-order valence-corrected chi connectivity index (χ4v) is 2.72. The van der Waals surface area contributed by atoms with Gasteiger partial charge in [-0.1, -0.05) is 43.1 Å². The van der Waals surface area contributed by atoms with Crippen LogP contribution >= 0.6 is 23.2 Å². The van der Waals surface area contributed by atoms with Gasteiger partial charge in [-0.2, -0.15) is 0 Å². The van der Waals surface area contributed by atoms with Crippen LogP contribution < -0.4 is 0 Å². The summed E-state index contributed by atoms with van der Waals surface area (Å²) in [4.78, 5) is 2.23. The molecular weight excluding hydrogens is 253 g/mol. The van der Waals surface area contributed by atoms with Crippen molar-refractivity contribution in [2.45, 2.75) is 26.2 Å². The Labute approximate surface area is 115 Å². The lowest BCUT2D eigenvalue weighted by Crippen LogP contribution is -2.24. The normalized spacial score (nSPS) is 15.0. The van der Waals surface area contributed by atoms with E-state index in [1.807, 2.05) is 12.1 Å². The van der Waals surface area contributed by atoms with E-state index in [0.717, 1.165) is 13.0 Å². The summed E-state index contributed by atoms with van der Waals surface area (Å²) in [5, 5.41) is 1.28. The zero-order valence-electron chi connectivity index (χ0n) is 11.0. The summed E-state index contributed by atoms with van der Waals surface area (Å²) in [5.74, 6) is 1.14. The molecule has 0 fully saturated rings. The molecule has 0 bridgehead atoms. The van der Waals surface area contributed by atoms with E-state index in [-0.39, 0.29) is 0 Å². The van der Waals surface area contributed by atoms with E-state index in [2.05, 4.69) is 38.9 Å². The van der Waals surface area contributed by atoms with Crippen LogP contribution in [0.3, 0.4) is 0 Å². The van der Waals surface area contributed by atoms with Crippen LogP contribution in [-0.2, 0) is 0 Å². The molecule has 1 aromatic rings. The van der Waals surface area contributed by atoms with Crippen LogP contribution in [0, 0.1) is 5.92 Å². The number of benzene rings is 1. The summed E-state index contributed by atoms with van der Waals surface area (Å²) in [7, 11) is 4.22. The van der Waals surface area contributed by atoms with Crippen LogP contribution in [0.5, 0.6) is 0 Å². The Kier molecular flexibility index (Phi) is 5.78. The molecule has 0 aromatic heterocycles. The van der Waals surface area contributed by atoms with Gasteiger partial charge < -0.3 is 4.90 Å². The molecule has 3 heteroatoms. The summed E-state index contributed by atoms with van der Waals surface area (Å²) < 4.78 is 0. The van der Waals surface area contributed by atoms with Crippen molar-refractivity contribution in [3.05, 3.63) is 33.8 Å². The van der Waals surface area contributed by atoms with E-state index in [1.54, 1.807) is 0 Å². The van der Waals surface area contributed by atoms with Crippen molar-refractivity contribution < 1.29 is 0 Å². The summed E-state index contributed by atoms with van der Waals surface area (Å²) >= 11 is 12.0. The van der Waals surface area contributed by atoms with Crippen LogP contribution in [0.4, 0.5) is 0 Å². The molecule has 0 radical (unpaired) electrons. The number of hydrogen-bond donors (Lipinski definition) is 0. The van der Waals surface area contributed by atoms with Crippen LogP contribution in [0.1, 0.15) is 31.7 Å². The molecule has 1 nitrogen and oxygen atoms in total. The molecule has 2 atom stereocenters. The molecule has 0 saturated heterocycles. The van der Waals surface area contributed by atoms with Gasteiger partial charge in [0.15, 0.2) is 0 Å². The van der Waals surface area contributed by atoms with Gasteiger partial charge in [0.25, 0.3) is 0 Å². The summed E-state index contributed by atoms with van der Waals surface area (Å²) in [5.41, 5.74) is 1.29. The van der Waals surface area contributed by atoms with E-state index in [9.17, 15) is 0 Å². The minimum absolute atomic E-state index is 0.534. The Morgan fingerprint density at radius 3 is 2.29 bits per heavy atom. The minimum atomic E-state index is 0.534. The SMILES string of the molecule is CCC(c1ccc(Cl)c(Cl)c1)C(C)CN(C)C. The van der Waals surface area contributed by atoms with Crippen LogP contribution in [-0.4, -0.2) is 25.5 Å². The van der Waals surface area contributed by atoms with Gasteiger partial charge in [-0.05, 0) is 50.0 Å². The molecule has 0 spiro atoms. The predicted molar refractivity (Wildman–Crippen MR) is 77.2 cm³/mol. The van der Waals surface area contributed by atoms with Crippen LogP contribution in [0.15, 0.2) is 18.2 Å². The van der Waals surface area contributed by atoms with E-state index in [0.29, 0.717) is 21.9 Å². The van der Waals surface area contributed by atoms with Gasteiger partial charge >= 0.3 is 0 Å². The molecule has 0 aliphatic heterocycles. The van der Waals surface area contributed by atoms with Crippen LogP contribution in [0.2, 0.25) is 10.0 Å². The van der Waals surface area contributed by atoms with Gasteiger partial charge in [0, 0.05) is 6.54 Å². The molecule has 0 heterocycles. The lowest BCUT2D eigenvalue weighted by molar-refractivity contribution is 0.301. The van der Waals surface area contributed by atoms with Gasteiger partial charge in [0.2, 0.25) is 0 Å². The van der Waals surface area contributed by atoms with Crippen molar-refractivity contribution in [2.75, 3.05) is 20.6 Å². The Bertz CT molecular complexity index is 363. The molecule has 1 rings (SSSR count). The smallest absolute Gasteiger partial charge is 0.0595 e. The van der Waals surface area contributed by atoms with E-state index >= 15 is 0 Å². The quantitative estimate of drug-likeness (QED) is 0.753. The largest absolute Gasteiger partial charge is 0.309 e. The first-order valence-corrected chi connectivity index (χ1v) is 6.81. The van der Waals surface area contributed by atoms with Crippen molar-refractivity contribution in [3.63, 3.8) is 0 Å². The molecule has 0 N–H and O–H groups in total. The second-order valence-electron chi connectivity index (χ2n) is 4.93. The first kappa shape index (κ1) is 14.8. The highest BCUT2D eigenvalue weighted by atomic mass is 35.5. The van der Waals surface area contributed by atoms with Crippen molar-refractivity contribution in [1.82, 2.24) is 4.90 Å². The Balaban J connectivity index is 2.89. The Hall–Kier alpha value is -0.240. The van der Waals surface area contributed by atoms with Gasteiger partial charge in [0.1, 0.15) is 0 Å². The van der Waals surface area contributed by atoms with Crippen molar-refractivity contribution in [3.8, 4) is 0 Å². The average molecular weight is 274 g/mol. The van der Waals surface area contributed by atoms with Gasteiger partial charge in [0.05, 0.1) is 10.0 Å². The molecule has 0 saturated carbocycles. The number of nitrogens with zero attached hydrogens (tertiary/aromatic N) is 1. The highest BCUT2D eigenvalue weighted by Gasteiger charge is 2.18. The van der Waals surface area contributed by atoms with E-state index in [1.165, 1.54) is 5.56 Å². The van der Waals surface area contributed by atoms with E-state index in [4.69, 9.17) is 23.2 Å². The summed E-state index contributed by atoms with van der Waals surface area (Å²) in [6.45, 7) is 5.59. The minimum Gasteiger partial charge on any atom is -0.309 e. The Morgan fingerprint density at radius 2 is 1.82 bits per heavy atom. The van der Waals surface area contributed by atoms with Crippen LogP contribution in [0.25, 0.3) is 0 Å². The van der Waals surface area contributed by atoms with Crippen molar-refractivity contribution in [1.29, 1.82) is 0 Å². The summed E-state index contributed by atoms with van der Waals surface area (Å²) in [6.07, 6.45) is 1.12. The second kappa shape index (κ2) is 6.63. The van der Waals surface area contributed by atoms with Gasteiger partial charge in [-0.15, -0.1) is 0 Å². The monoisotopic (exact) mass is 273 g/mol. The highest BCUT2D eigenvalue weighted by Crippen LogP contribution is 2.32. The average Bonchev–Trinajstić information content (AvgIpc) is 2.23. The fourth-order valence-electron chi connectivity index (χ4n) is 2.41. The third kappa shape index (κ3) is 4.17. The standard InChI is InChI=1S/C14H21Cl2N/c1-5-12(10(2)9-17(3)4)11-6-7-13(15)14(16)8-11/h6-8,10,12H,5,9H2,1-4H3. The predicted octanol–water partition coefficient (Wildman–Crippen LogP) is 4.68. The van der Waals surface area contributed by atoms with Gasteiger partial charge in [-0.25, -0.2) is 0 Å². The zero-order chi connectivity index (χ0) is 13.0. The van der Waals surface area contributed by atoms with Gasteiger partial charge in [-0.3, -0.25) is 0 Å². The molecule has 0 aliphatic rings. The number of rotatable bonds is 5. The first-order valence-electron chi connectivity index (χ1n) is 6.05. The molecule has 17 heavy (non-hydrogen) atoms. The third-order valence-electron chi connectivity index (χ3n) is 3.15. The van der Waals surface area contributed by atoms with E-state index < -0.39 is 0 Å². The maximum atomic E-state index is 6.08. The lowest BCUT2D eigenvalue weighted by atomic mass is 9.85. The summed E-state index contributed by atoms with van der Waals surface area (Å²) in [6, 6.07) is 5.99. The third-order valence-corrected chi connectivity index (χ3v) is 3.89. The maximum Gasteiger partial charge on any atom is 0.0595 e. The molecule has 0 amide bonds. The molecular formula is C14H21Cl2N. The molecule has 2 unspecified atom stereocenters. The molecule has 0 aliphatic carbocycles. The zero-order valence-corrected chi connectivity index (χ0v) is 12.5. The van der Waals surface area contributed by atoms with Crippen molar-refractivity contribution in [2.24, 2.45) is 5.92 Å². The molecule has 96 valence electrons. The van der Waals surface area contributed by atoms with Crippen molar-refractivity contribution >= 4 is 23.2 Å². The fraction of sp³-hybridized carbons (Fsp3) is 0.571. The highest BCUT2D eigenvalue weighted by molar-refractivity contribution is 6.42. The first-order chi connectivity index (χ1) is 7.95. The number of halogens is 2. The maximum absolute atomic E-state index is 6.08. The lowest BCUT2D eigenvalue weighted by Gasteiger charge is -2.26. The number of hydrogen-bond acceptors (Lipinski definition) is 1. The topological polar surface area (TPSA) is 3.24 Å². The molecule has 1 aromatic carbocycles. The Morgan fingerprint density at radius 1 is 1.18 bits per heavy atom. The second-order valence-corrected chi connectivity index (χ2v) is 5.74.